The minimum atomic E-state index is -0.561. The second-order valence-corrected chi connectivity index (χ2v) is 11.9. The number of phenols is 1. The van der Waals surface area contributed by atoms with E-state index in [2.05, 4.69) is 11.1 Å². The highest BCUT2D eigenvalue weighted by Crippen LogP contribution is 2.50. The van der Waals surface area contributed by atoms with E-state index in [0.717, 1.165) is 43.6 Å². The molecule has 4 atom stereocenters. The molecular weight excluding hydrogens is 570 g/mol. The fourth-order valence-corrected chi connectivity index (χ4v) is 7.36. The molecule has 0 saturated carbocycles. The van der Waals surface area contributed by atoms with E-state index in [9.17, 15) is 24.8 Å². The Morgan fingerprint density at radius 3 is 2.60 bits per heavy atom. The predicted molar refractivity (Wildman–Crippen MR) is 170 cm³/mol. The van der Waals surface area contributed by atoms with Gasteiger partial charge >= 0.3 is 0 Å². The number of aromatic hydroxyl groups is 1. The van der Waals surface area contributed by atoms with Gasteiger partial charge in [0.1, 0.15) is 5.75 Å². The van der Waals surface area contributed by atoms with Crippen LogP contribution < -0.4 is 4.90 Å². The first-order valence-corrected chi connectivity index (χ1v) is 15.1. The van der Waals surface area contributed by atoms with E-state index < -0.39 is 16.8 Å². The minimum absolute atomic E-state index is 0.167. The topological polar surface area (TPSA) is 123 Å². The number of nitro groups is 1. The largest absolute Gasteiger partial charge is 0.507 e. The summed E-state index contributed by atoms with van der Waals surface area (Å²) in [6.45, 7) is 2.36. The van der Waals surface area contributed by atoms with Gasteiger partial charge in [0.15, 0.2) is 0 Å². The van der Waals surface area contributed by atoms with Gasteiger partial charge in [-0.15, -0.1) is 0 Å². The maximum atomic E-state index is 13.8. The van der Waals surface area contributed by atoms with Gasteiger partial charge in [-0.1, -0.05) is 48.0 Å². The molecule has 226 valence electrons. The Hall–Kier alpha value is -5.15. The molecule has 1 aliphatic carbocycles. The van der Waals surface area contributed by atoms with Gasteiger partial charge in [0, 0.05) is 29.6 Å². The molecule has 0 radical (unpaired) electrons. The van der Waals surface area contributed by atoms with Gasteiger partial charge < -0.3 is 9.84 Å². The fourth-order valence-electron chi connectivity index (χ4n) is 7.36. The third kappa shape index (κ3) is 4.99. The smallest absolute Gasteiger partial charge is 0.271 e. The van der Waals surface area contributed by atoms with Crippen LogP contribution in [0.3, 0.4) is 0 Å². The van der Waals surface area contributed by atoms with Crippen LogP contribution in [0.4, 0.5) is 11.4 Å². The van der Waals surface area contributed by atoms with E-state index in [0.29, 0.717) is 25.9 Å². The summed E-state index contributed by atoms with van der Waals surface area (Å²) in [7, 11) is 0. The van der Waals surface area contributed by atoms with Crippen molar-refractivity contribution < 1.29 is 24.4 Å². The fraction of sp³-hybridized carbons (Fsp3) is 0.250. The third-order valence-electron chi connectivity index (χ3n) is 9.39. The van der Waals surface area contributed by atoms with Crippen molar-refractivity contribution in [3.05, 3.63) is 118 Å². The first-order chi connectivity index (χ1) is 21.8. The number of amides is 2. The lowest BCUT2D eigenvalue weighted by Crippen LogP contribution is -2.34. The monoisotopic (exact) mass is 601 g/mol. The maximum absolute atomic E-state index is 13.8. The van der Waals surface area contributed by atoms with E-state index in [1.54, 1.807) is 18.3 Å². The van der Waals surface area contributed by atoms with Crippen LogP contribution in [0.2, 0.25) is 0 Å². The molecule has 9 heteroatoms. The molecule has 0 spiro atoms. The molecule has 2 fully saturated rings. The van der Waals surface area contributed by atoms with Crippen molar-refractivity contribution in [1.29, 1.82) is 0 Å². The molecule has 0 unspecified atom stereocenters. The molecule has 3 aliphatic rings. The van der Waals surface area contributed by atoms with Crippen molar-refractivity contribution >= 4 is 45.6 Å². The van der Waals surface area contributed by atoms with E-state index in [1.165, 1.54) is 18.2 Å². The molecule has 4 aromatic rings. The van der Waals surface area contributed by atoms with E-state index in [-0.39, 0.29) is 41.0 Å². The molecule has 0 bridgehead atoms. The molecule has 2 saturated heterocycles. The van der Waals surface area contributed by atoms with Crippen molar-refractivity contribution in [1.82, 2.24) is 4.98 Å². The molecule has 1 N–H and O–H groups in total. The number of hydrogen-bond donors (Lipinski definition) is 1. The van der Waals surface area contributed by atoms with E-state index >= 15 is 0 Å². The van der Waals surface area contributed by atoms with Crippen LogP contribution in [-0.2, 0) is 14.3 Å². The number of phenolic OH excluding ortho intramolecular Hbond substituents is 1. The number of non-ortho nitro benzene ring substituents is 1. The van der Waals surface area contributed by atoms with Crippen LogP contribution in [-0.4, -0.2) is 39.5 Å². The van der Waals surface area contributed by atoms with Crippen LogP contribution in [0, 0.1) is 27.9 Å². The predicted octanol–water partition coefficient (Wildman–Crippen LogP) is 6.71. The summed E-state index contributed by atoms with van der Waals surface area (Å²) in [5.74, 6) is -1.70. The summed E-state index contributed by atoms with van der Waals surface area (Å²) in [6.07, 6.45) is 5.44. The Morgan fingerprint density at radius 2 is 1.82 bits per heavy atom. The number of allylic oxidation sites excluding steroid dienone is 2. The van der Waals surface area contributed by atoms with E-state index in [4.69, 9.17) is 4.74 Å². The normalized spacial score (nSPS) is 23.0. The number of carbonyl (C=O) groups is 2. The highest BCUT2D eigenvalue weighted by Gasteiger charge is 2.57. The Morgan fingerprint density at radius 1 is 1.02 bits per heavy atom. The Bertz CT molecular complexity index is 1920. The SMILES string of the molecule is CC1=C2[C@@H](CC/C(=C/c3ccc(O)c4ccccc34)c3ccccn3)OC[C@@H]2[C@@H]2C(=O)N(c3cccc([N+](=O)[O-])c3)C(=O)[C@@H]2C1. The highest BCUT2D eigenvalue weighted by atomic mass is 16.6. The average Bonchev–Trinajstić information content (AvgIpc) is 3.59. The summed E-state index contributed by atoms with van der Waals surface area (Å²) < 4.78 is 6.37. The molecule has 9 nitrogen and oxygen atoms in total. The molecule has 3 aromatic carbocycles. The molecule has 1 aromatic heterocycles. The number of pyridine rings is 1. The molecule has 2 amide bonds. The summed E-state index contributed by atoms with van der Waals surface area (Å²) in [6, 6.07) is 22.9. The summed E-state index contributed by atoms with van der Waals surface area (Å²) in [5, 5.41) is 23.5. The number of rotatable bonds is 7. The second-order valence-electron chi connectivity index (χ2n) is 11.9. The number of imide groups is 1. The molecular formula is C36H31N3O6. The summed E-state index contributed by atoms with van der Waals surface area (Å²) in [5.41, 5.74) is 5.07. The Labute approximate surface area is 259 Å². The number of nitro benzene ring substituents is 1. The lowest BCUT2D eigenvalue weighted by Gasteiger charge is -2.30. The summed E-state index contributed by atoms with van der Waals surface area (Å²) >= 11 is 0. The van der Waals surface area contributed by atoms with Gasteiger partial charge in [-0.05, 0) is 78.6 Å². The van der Waals surface area contributed by atoms with Crippen LogP contribution >= 0.6 is 0 Å². The van der Waals surface area contributed by atoms with Gasteiger partial charge in [0.25, 0.3) is 5.69 Å². The van der Waals surface area contributed by atoms with Crippen molar-refractivity contribution in [2.45, 2.75) is 32.3 Å². The molecule has 2 aliphatic heterocycles. The third-order valence-corrected chi connectivity index (χ3v) is 9.39. The van der Waals surface area contributed by atoms with Crippen molar-refractivity contribution in [3.63, 3.8) is 0 Å². The number of fused-ring (bicyclic) bond motifs is 4. The van der Waals surface area contributed by atoms with Crippen LogP contribution in [0.5, 0.6) is 5.75 Å². The quantitative estimate of drug-likeness (QED) is 0.108. The maximum Gasteiger partial charge on any atom is 0.271 e. The zero-order valence-electron chi connectivity index (χ0n) is 24.6. The zero-order valence-corrected chi connectivity index (χ0v) is 24.6. The molecule has 3 heterocycles. The van der Waals surface area contributed by atoms with E-state index in [1.807, 2.05) is 55.5 Å². The van der Waals surface area contributed by atoms with Gasteiger partial charge in [0.05, 0.1) is 40.9 Å². The lowest BCUT2D eigenvalue weighted by atomic mass is 9.70. The van der Waals surface area contributed by atoms with Crippen LogP contribution in [0.25, 0.3) is 22.4 Å². The van der Waals surface area contributed by atoms with Gasteiger partial charge in [-0.3, -0.25) is 24.7 Å². The van der Waals surface area contributed by atoms with Crippen molar-refractivity contribution in [2.75, 3.05) is 11.5 Å². The minimum Gasteiger partial charge on any atom is -0.507 e. The standard InChI is InChI=1S/C36H31N3O6/c1-21-17-28-34(36(42)38(35(28)41)24-7-6-8-25(19-24)39(43)44)29-20-45-32(33(21)29)15-13-23(30-11-4-5-16-37-30)18-22-12-14-31(40)27-10-3-2-9-26(22)27/h2-12,14,16,18-19,28-29,32,34,40H,13,15,17,20H2,1H3/b23-18-/t28-,29+,32-,34-/m1/s1. The Kier molecular flexibility index (Phi) is 7.25. The second kappa shape index (κ2) is 11.4. The van der Waals surface area contributed by atoms with Gasteiger partial charge in [0.2, 0.25) is 11.8 Å². The van der Waals surface area contributed by atoms with Crippen molar-refractivity contribution in [2.24, 2.45) is 17.8 Å². The van der Waals surface area contributed by atoms with Crippen LogP contribution in [0.15, 0.2) is 96.2 Å². The Balaban J connectivity index is 1.16. The number of anilines is 1. The number of hydrogen-bond acceptors (Lipinski definition) is 7. The first-order valence-electron chi connectivity index (χ1n) is 15.1. The highest BCUT2D eigenvalue weighted by molar-refractivity contribution is 6.22. The number of aromatic nitrogens is 1. The number of carbonyl (C=O) groups excluding carboxylic acids is 2. The summed E-state index contributed by atoms with van der Waals surface area (Å²) in [4.78, 5) is 43.9. The average molecular weight is 602 g/mol. The molecule has 45 heavy (non-hydrogen) atoms. The van der Waals surface area contributed by atoms with Gasteiger partial charge in [-0.2, -0.15) is 0 Å². The van der Waals surface area contributed by atoms with Gasteiger partial charge in [-0.25, -0.2) is 4.90 Å². The molecule has 7 rings (SSSR count). The lowest BCUT2D eigenvalue weighted by molar-refractivity contribution is -0.384. The number of benzene rings is 3. The van der Waals surface area contributed by atoms with Crippen molar-refractivity contribution in [3.8, 4) is 5.75 Å². The zero-order chi connectivity index (χ0) is 31.2. The first kappa shape index (κ1) is 28.6. The number of ether oxygens (including phenoxy) is 1. The van der Waals surface area contributed by atoms with Crippen LogP contribution in [0.1, 0.15) is 37.4 Å². The number of nitrogens with zero attached hydrogens (tertiary/aromatic N) is 3.